The predicted octanol–water partition coefficient (Wildman–Crippen LogP) is 4.60. The molecule has 2 aromatic carbocycles. The van der Waals surface area contributed by atoms with Gasteiger partial charge < -0.3 is 20.5 Å². The van der Waals surface area contributed by atoms with Gasteiger partial charge in [0.25, 0.3) is 0 Å². The highest BCUT2D eigenvalue weighted by molar-refractivity contribution is 5.80. The van der Waals surface area contributed by atoms with Crippen molar-refractivity contribution in [1.82, 2.24) is 10.6 Å². The maximum atomic E-state index is 12.6. The molecule has 2 amide bonds. The Bertz CT molecular complexity index is 1020. The van der Waals surface area contributed by atoms with Crippen LogP contribution in [-0.4, -0.2) is 41.3 Å². The molecule has 7 nitrogen and oxygen atoms in total. The van der Waals surface area contributed by atoms with Crippen LogP contribution >= 0.6 is 0 Å². The molecule has 3 N–H and O–H groups in total. The van der Waals surface area contributed by atoms with Crippen LogP contribution in [0.3, 0.4) is 0 Å². The molecule has 0 aliphatic heterocycles. The topological polar surface area (TPSA) is 105 Å². The molecule has 2 aliphatic carbocycles. The van der Waals surface area contributed by atoms with E-state index in [1.807, 2.05) is 31.2 Å². The van der Waals surface area contributed by atoms with Gasteiger partial charge in [0, 0.05) is 18.4 Å². The van der Waals surface area contributed by atoms with Gasteiger partial charge in [0.1, 0.15) is 6.61 Å². The van der Waals surface area contributed by atoms with Gasteiger partial charge in [-0.1, -0.05) is 61.9 Å². The first kappa shape index (κ1) is 23.8. The first-order valence-electron chi connectivity index (χ1n) is 12.0. The van der Waals surface area contributed by atoms with Crippen molar-refractivity contribution < 1.29 is 24.2 Å². The number of carboxylic acid groups (broad SMARTS) is 1. The minimum absolute atomic E-state index is 0.0273. The summed E-state index contributed by atoms with van der Waals surface area (Å²) in [5.41, 5.74) is 3.97. The van der Waals surface area contributed by atoms with Crippen molar-refractivity contribution in [3.63, 3.8) is 0 Å². The largest absolute Gasteiger partial charge is 0.481 e. The number of nitrogens with one attached hydrogen (secondary N) is 2. The van der Waals surface area contributed by atoms with Crippen molar-refractivity contribution in [3.8, 4) is 11.1 Å². The molecule has 34 heavy (non-hydrogen) atoms. The highest BCUT2D eigenvalue weighted by atomic mass is 16.5. The van der Waals surface area contributed by atoms with Gasteiger partial charge in [-0.05, 0) is 47.9 Å². The molecule has 1 atom stereocenters. The predicted molar refractivity (Wildman–Crippen MR) is 128 cm³/mol. The average molecular weight is 465 g/mol. The fourth-order valence-electron chi connectivity index (χ4n) is 5.19. The number of rotatable bonds is 10. The zero-order chi connectivity index (χ0) is 24.1. The number of carboxylic acids is 1. The lowest BCUT2D eigenvalue weighted by molar-refractivity contribution is -0.140. The molecule has 2 aromatic rings. The van der Waals surface area contributed by atoms with Gasteiger partial charge in [0.15, 0.2) is 0 Å². The van der Waals surface area contributed by atoms with Crippen LogP contribution in [0.4, 0.5) is 4.79 Å². The van der Waals surface area contributed by atoms with Crippen molar-refractivity contribution >= 4 is 18.0 Å². The molecule has 1 unspecified atom stereocenters. The van der Waals surface area contributed by atoms with E-state index in [1.165, 1.54) is 11.1 Å². The fourth-order valence-corrected chi connectivity index (χ4v) is 5.19. The van der Waals surface area contributed by atoms with Gasteiger partial charge in [-0.25, -0.2) is 4.79 Å². The van der Waals surface area contributed by atoms with Crippen LogP contribution in [0.1, 0.15) is 68.9 Å². The zero-order valence-electron chi connectivity index (χ0n) is 19.5. The summed E-state index contributed by atoms with van der Waals surface area (Å²) in [4.78, 5) is 36.5. The van der Waals surface area contributed by atoms with Crippen LogP contribution in [0.5, 0.6) is 0 Å². The van der Waals surface area contributed by atoms with Gasteiger partial charge >= 0.3 is 12.1 Å². The summed E-state index contributed by atoms with van der Waals surface area (Å²) in [6.45, 7) is 2.20. The lowest BCUT2D eigenvalue weighted by atomic mass is 9.74. The Morgan fingerprint density at radius 2 is 1.68 bits per heavy atom. The molecule has 180 valence electrons. The number of hydrogen-bond donors (Lipinski definition) is 3. The second-order valence-electron chi connectivity index (χ2n) is 9.41. The molecule has 7 heteroatoms. The normalized spacial score (nSPS) is 16.5. The van der Waals surface area contributed by atoms with Gasteiger partial charge in [0.05, 0.1) is 12.0 Å². The highest BCUT2D eigenvalue weighted by Crippen LogP contribution is 2.44. The summed E-state index contributed by atoms with van der Waals surface area (Å²) in [5, 5.41) is 14.9. The second-order valence-corrected chi connectivity index (χ2v) is 9.41. The Kier molecular flexibility index (Phi) is 7.20. The van der Waals surface area contributed by atoms with E-state index in [0.29, 0.717) is 19.3 Å². The monoisotopic (exact) mass is 464 g/mol. The molecule has 0 saturated heterocycles. The molecule has 4 rings (SSSR count). The SMILES string of the molecule is CCCC(CC(=O)NC1(CC(=O)O)CCC1)NC(=O)OCC1c2ccccc2-c2ccccc21. The van der Waals surface area contributed by atoms with Crippen LogP contribution in [0, 0.1) is 0 Å². The number of carbonyl (C=O) groups excluding carboxylic acids is 2. The summed E-state index contributed by atoms with van der Waals surface area (Å²) < 4.78 is 5.62. The number of hydrogen-bond acceptors (Lipinski definition) is 4. The van der Waals surface area contributed by atoms with Crippen LogP contribution in [0.15, 0.2) is 48.5 Å². The molecular formula is C27H32N2O5. The Morgan fingerprint density at radius 1 is 1.06 bits per heavy atom. The molecular weight excluding hydrogens is 432 g/mol. The quantitative estimate of drug-likeness (QED) is 0.477. The van der Waals surface area contributed by atoms with Gasteiger partial charge in [-0.3, -0.25) is 9.59 Å². The number of alkyl carbamates (subject to hydrolysis) is 1. The first-order chi connectivity index (χ1) is 16.4. The molecule has 1 fully saturated rings. The molecule has 0 bridgehead atoms. The van der Waals surface area contributed by atoms with E-state index in [-0.39, 0.29) is 37.3 Å². The van der Waals surface area contributed by atoms with Gasteiger partial charge in [-0.2, -0.15) is 0 Å². The lowest BCUT2D eigenvalue weighted by Gasteiger charge is -2.41. The van der Waals surface area contributed by atoms with Crippen molar-refractivity contribution in [1.29, 1.82) is 0 Å². The lowest BCUT2D eigenvalue weighted by Crippen LogP contribution is -2.55. The minimum Gasteiger partial charge on any atom is -0.481 e. The van der Waals surface area contributed by atoms with E-state index < -0.39 is 17.6 Å². The third kappa shape index (κ3) is 5.24. The molecule has 1 saturated carbocycles. The number of fused-ring (bicyclic) bond motifs is 3. The number of carbonyl (C=O) groups is 3. The summed E-state index contributed by atoms with van der Waals surface area (Å²) in [6.07, 6.45) is 3.15. The first-order valence-corrected chi connectivity index (χ1v) is 12.0. The van der Waals surface area contributed by atoms with E-state index in [4.69, 9.17) is 9.84 Å². The Balaban J connectivity index is 1.34. The van der Waals surface area contributed by atoms with E-state index in [9.17, 15) is 14.4 Å². The summed E-state index contributed by atoms with van der Waals surface area (Å²) in [7, 11) is 0. The van der Waals surface area contributed by atoms with Crippen LogP contribution in [0.2, 0.25) is 0 Å². The van der Waals surface area contributed by atoms with Gasteiger partial charge in [0.2, 0.25) is 5.91 Å². The van der Waals surface area contributed by atoms with Crippen LogP contribution in [0.25, 0.3) is 11.1 Å². The van der Waals surface area contributed by atoms with Crippen LogP contribution < -0.4 is 10.6 Å². The van der Waals surface area contributed by atoms with Gasteiger partial charge in [-0.15, -0.1) is 0 Å². The highest BCUT2D eigenvalue weighted by Gasteiger charge is 2.40. The maximum Gasteiger partial charge on any atom is 0.407 e. The van der Waals surface area contributed by atoms with E-state index in [1.54, 1.807) is 0 Å². The standard InChI is InChI=1S/C27H32N2O5/c1-2-8-18(15-24(30)29-27(13-7-14-27)16-25(31)32)28-26(33)34-17-23-21-11-5-3-9-19(21)20-10-4-6-12-22(20)23/h3-6,9-12,18,23H,2,7-8,13-17H2,1H3,(H,28,33)(H,29,30)(H,31,32). The number of amides is 2. The van der Waals surface area contributed by atoms with Crippen molar-refractivity contribution in [2.45, 2.75) is 69.4 Å². The molecule has 0 heterocycles. The summed E-state index contributed by atoms with van der Waals surface area (Å²) in [5.74, 6) is -1.18. The molecule has 0 radical (unpaired) electrons. The number of benzene rings is 2. The third-order valence-electron chi connectivity index (χ3n) is 6.94. The Hall–Kier alpha value is -3.35. The third-order valence-corrected chi connectivity index (χ3v) is 6.94. The minimum atomic E-state index is -0.915. The van der Waals surface area contributed by atoms with Crippen LogP contribution in [-0.2, 0) is 14.3 Å². The average Bonchev–Trinajstić information content (AvgIpc) is 3.10. The van der Waals surface area contributed by atoms with E-state index in [0.717, 1.165) is 24.0 Å². The maximum absolute atomic E-state index is 12.6. The van der Waals surface area contributed by atoms with Crippen molar-refractivity contribution in [2.75, 3.05) is 6.61 Å². The smallest absolute Gasteiger partial charge is 0.407 e. The van der Waals surface area contributed by atoms with E-state index >= 15 is 0 Å². The number of aliphatic carboxylic acids is 1. The second kappa shape index (κ2) is 10.3. The van der Waals surface area contributed by atoms with Crippen molar-refractivity contribution in [3.05, 3.63) is 59.7 Å². The summed E-state index contributed by atoms with van der Waals surface area (Å²) in [6, 6.07) is 15.9. The molecule has 2 aliphatic rings. The number of ether oxygens (including phenoxy) is 1. The molecule has 0 spiro atoms. The summed E-state index contributed by atoms with van der Waals surface area (Å²) >= 11 is 0. The Labute approximate surface area is 199 Å². The fraction of sp³-hybridized carbons (Fsp3) is 0.444. The zero-order valence-corrected chi connectivity index (χ0v) is 19.5. The Morgan fingerprint density at radius 3 is 2.21 bits per heavy atom. The van der Waals surface area contributed by atoms with E-state index in [2.05, 4.69) is 34.9 Å². The van der Waals surface area contributed by atoms with Crippen molar-refractivity contribution in [2.24, 2.45) is 0 Å². The molecule has 0 aromatic heterocycles.